The molecule has 1 rings (SSSR count). The molecule has 0 aliphatic heterocycles. The van der Waals surface area contributed by atoms with Crippen molar-refractivity contribution in [1.82, 2.24) is 0 Å². The van der Waals surface area contributed by atoms with Crippen LogP contribution < -0.4 is 5.73 Å². The third kappa shape index (κ3) is 1.37. The first kappa shape index (κ1) is 8.87. The molecule has 0 bridgehead atoms. The molecule has 0 amide bonds. The summed E-state index contributed by atoms with van der Waals surface area (Å²) in [5.41, 5.74) is 5.60. The number of ether oxygens (including phenoxy) is 1. The molecule has 1 saturated carbocycles. The fraction of sp³-hybridized carbons (Fsp3) is 0.857. The minimum Gasteiger partial charge on any atom is -0.468 e. The van der Waals surface area contributed by atoms with Crippen molar-refractivity contribution in [2.45, 2.75) is 23.6 Å². The highest BCUT2D eigenvalue weighted by atomic mass is 32.2. The summed E-state index contributed by atoms with van der Waals surface area (Å²) in [4.78, 5) is 11.2. The largest absolute Gasteiger partial charge is 0.468 e. The zero-order valence-electron chi connectivity index (χ0n) is 6.79. The molecule has 11 heavy (non-hydrogen) atoms. The van der Waals surface area contributed by atoms with E-state index in [1.54, 1.807) is 11.8 Å². The maximum Gasteiger partial charge on any atom is 0.322 e. The van der Waals surface area contributed by atoms with Gasteiger partial charge in [-0.3, -0.25) is 4.79 Å². The SMILES string of the molecule is COC(=O)C1(SC)CC(N)C1. The molecule has 0 saturated heterocycles. The average Bonchev–Trinajstić information content (AvgIpc) is 1.96. The Hall–Kier alpha value is -0.220. The molecule has 0 heterocycles. The zero-order valence-corrected chi connectivity index (χ0v) is 7.61. The molecule has 1 aliphatic carbocycles. The van der Waals surface area contributed by atoms with Crippen LogP contribution >= 0.6 is 11.8 Å². The van der Waals surface area contributed by atoms with Crippen molar-refractivity contribution >= 4 is 17.7 Å². The zero-order chi connectivity index (χ0) is 8.48. The Morgan fingerprint density at radius 1 is 1.73 bits per heavy atom. The summed E-state index contributed by atoms with van der Waals surface area (Å²) >= 11 is 1.54. The van der Waals surface area contributed by atoms with E-state index in [1.165, 1.54) is 7.11 Å². The minimum atomic E-state index is -0.325. The highest BCUT2D eigenvalue weighted by Crippen LogP contribution is 2.42. The molecular weight excluding hydrogens is 162 g/mol. The summed E-state index contributed by atoms with van der Waals surface area (Å²) in [5.74, 6) is -0.133. The van der Waals surface area contributed by atoms with Gasteiger partial charge in [-0.25, -0.2) is 0 Å². The van der Waals surface area contributed by atoms with Crippen molar-refractivity contribution in [2.75, 3.05) is 13.4 Å². The third-order valence-corrected chi connectivity index (χ3v) is 3.41. The Balaban J connectivity index is 2.57. The van der Waals surface area contributed by atoms with E-state index in [9.17, 15) is 4.79 Å². The fourth-order valence-electron chi connectivity index (χ4n) is 1.39. The van der Waals surface area contributed by atoms with Gasteiger partial charge in [0.25, 0.3) is 0 Å². The minimum absolute atomic E-state index is 0.133. The smallest absolute Gasteiger partial charge is 0.322 e. The number of nitrogens with two attached hydrogens (primary N) is 1. The molecule has 0 aromatic heterocycles. The monoisotopic (exact) mass is 175 g/mol. The van der Waals surface area contributed by atoms with E-state index in [0.717, 1.165) is 12.8 Å². The van der Waals surface area contributed by atoms with Crippen molar-refractivity contribution in [3.63, 3.8) is 0 Å². The van der Waals surface area contributed by atoms with Crippen LogP contribution in [0, 0.1) is 0 Å². The van der Waals surface area contributed by atoms with Gasteiger partial charge in [0.2, 0.25) is 0 Å². The lowest BCUT2D eigenvalue weighted by atomic mass is 9.80. The number of thioether (sulfide) groups is 1. The molecule has 0 unspecified atom stereocenters. The normalized spacial score (nSPS) is 36.1. The number of rotatable bonds is 2. The lowest BCUT2D eigenvalue weighted by molar-refractivity contribution is -0.146. The maximum atomic E-state index is 11.2. The number of carbonyl (C=O) groups is 1. The number of methoxy groups -OCH3 is 1. The molecule has 0 spiro atoms. The first-order valence-electron chi connectivity index (χ1n) is 3.54. The predicted molar refractivity (Wildman–Crippen MR) is 45.5 cm³/mol. The molecule has 0 atom stereocenters. The lowest BCUT2D eigenvalue weighted by Gasteiger charge is -2.41. The molecule has 64 valence electrons. The van der Waals surface area contributed by atoms with Crippen molar-refractivity contribution < 1.29 is 9.53 Å². The molecule has 0 radical (unpaired) electrons. The highest BCUT2D eigenvalue weighted by molar-refractivity contribution is 8.00. The van der Waals surface area contributed by atoms with Gasteiger partial charge in [-0.15, -0.1) is 11.8 Å². The van der Waals surface area contributed by atoms with E-state index < -0.39 is 0 Å². The van der Waals surface area contributed by atoms with E-state index in [-0.39, 0.29) is 16.8 Å². The topological polar surface area (TPSA) is 52.3 Å². The van der Waals surface area contributed by atoms with Gasteiger partial charge in [-0.1, -0.05) is 0 Å². The number of hydrogen-bond donors (Lipinski definition) is 1. The van der Waals surface area contributed by atoms with Crippen LogP contribution in [0.5, 0.6) is 0 Å². The second-order valence-electron chi connectivity index (χ2n) is 2.86. The van der Waals surface area contributed by atoms with Crippen LogP contribution in [0.2, 0.25) is 0 Å². The summed E-state index contributed by atoms with van der Waals surface area (Å²) in [7, 11) is 1.42. The van der Waals surface area contributed by atoms with Gasteiger partial charge in [0, 0.05) is 6.04 Å². The predicted octanol–water partition coefficient (Wildman–Crippen LogP) is 0.382. The number of hydrogen-bond acceptors (Lipinski definition) is 4. The van der Waals surface area contributed by atoms with Crippen molar-refractivity contribution in [3.8, 4) is 0 Å². The van der Waals surface area contributed by atoms with Crippen LogP contribution in [0.4, 0.5) is 0 Å². The molecule has 0 aromatic carbocycles. The van der Waals surface area contributed by atoms with Gasteiger partial charge >= 0.3 is 5.97 Å². The van der Waals surface area contributed by atoms with Crippen LogP contribution in [0.3, 0.4) is 0 Å². The van der Waals surface area contributed by atoms with E-state index in [2.05, 4.69) is 4.74 Å². The Morgan fingerprint density at radius 2 is 2.27 bits per heavy atom. The Labute approximate surface area is 70.7 Å². The van der Waals surface area contributed by atoms with Gasteiger partial charge in [0.05, 0.1) is 7.11 Å². The van der Waals surface area contributed by atoms with E-state index in [4.69, 9.17) is 5.73 Å². The van der Waals surface area contributed by atoms with Gasteiger partial charge in [0.15, 0.2) is 0 Å². The van der Waals surface area contributed by atoms with E-state index >= 15 is 0 Å². The van der Waals surface area contributed by atoms with E-state index in [0.29, 0.717) is 0 Å². The summed E-state index contributed by atoms with van der Waals surface area (Å²) < 4.78 is 4.36. The maximum absolute atomic E-state index is 11.2. The molecule has 0 aromatic rings. The van der Waals surface area contributed by atoms with Crippen molar-refractivity contribution in [2.24, 2.45) is 5.73 Å². The van der Waals surface area contributed by atoms with Crippen LogP contribution in [0.25, 0.3) is 0 Å². The fourth-order valence-corrected chi connectivity index (χ4v) is 2.40. The number of esters is 1. The van der Waals surface area contributed by atoms with Gasteiger partial charge in [0.1, 0.15) is 4.75 Å². The molecule has 1 fully saturated rings. The molecule has 4 heteroatoms. The van der Waals surface area contributed by atoms with Gasteiger partial charge in [-0.05, 0) is 19.1 Å². The number of carbonyl (C=O) groups excluding carboxylic acids is 1. The average molecular weight is 175 g/mol. The van der Waals surface area contributed by atoms with Crippen molar-refractivity contribution in [1.29, 1.82) is 0 Å². The molecule has 3 nitrogen and oxygen atoms in total. The Kier molecular flexibility index (Phi) is 2.44. The molecular formula is C7H13NO2S. The summed E-state index contributed by atoms with van der Waals surface area (Å²) in [6.07, 6.45) is 3.42. The Bertz CT molecular complexity index is 166. The van der Waals surface area contributed by atoms with Crippen LogP contribution in [0.1, 0.15) is 12.8 Å². The van der Waals surface area contributed by atoms with Crippen LogP contribution in [-0.2, 0) is 9.53 Å². The summed E-state index contributed by atoms with van der Waals surface area (Å²) in [6.45, 7) is 0. The first-order chi connectivity index (χ1) is 5.14. The van der Waals surface area contributed by atoms with Crippen LogP contribution in [-0.4, -0.2) is 30.1 Å². The second kappa shape index (κ2) is 3.03. The molecule has 2 N–H and O–H groups in total. The first-order valence-corrected chi connectivity index (χ1v) is 4.76. The van der Waals surface area contributed by atoms with Crippen LogP contribution in [0.15, 0.2) is 0 Å². The van der Waals surface area contributed by atoms with Crippen molar-refractivity contribution in [3.05, 3.63) is 0 Å². The third-order valence-electron chi connectivity index (χ3n) is 2.13. The highest BCUT2D eigenvalue weighted by Gasteiger charge is 2.49. The van der Waals surface area contributed by atoms with Gasteiger partial charge < -0.3 is 10.5 Å². The lowest BCUT2D eigenvalue weighted by Crippen LogP contribution is -2.54. The van der Waals surface area contributed by atoms with Gasteiger partial charge in [-0.2, -0.15) is 0 Å². The molecule has 1 aliphatic rings. The standard InChI is InChI=1S/C7H13NO2S/c1-10-6(9)7(11-2)3-5(8)4-7/h5H,3-4,8H2,1-2H3. The summed E-state index contributed by atoms with van der Waals surface area (Å²) in [5, 5.41) is 0. The second-order valence-corrected chi connectivity index (χ2v) is 4.05. The Morgan fingerprint density at radius 3 is 2.55 bits per heavy atom. The van der Waals surface area contributed by atoms with E-state index in [1.807, 2.05) is 6.26 Å². The summed E-state index contributed by atoms with van der Waals surface area (Å²) in [6, 6.07) is 0.182. The quantitative estimate of drug-likeness (QED) is 0.616.